The van der Waals surface area contributed by atoms with Crippen molar-refractivity contribution in [3.05, 3.63) is 0 Å². The van der Waals surface area contributed by atoms with Crippen molar-refractivity contribution in [2.75, 3.05) is 18.5 Å². The van der Waals surface area contributed by atoms with Crippen LogP contribution >= 0.6 is 15.9 Å². The minimum Gasteiger partial charge on any atom is -0.373 e. The van der Waals surface area contributed by atoms with Gasteiger partial charge in [-0.1, -0.05) is 15.9 Å². The monoisotopic (exact) mass is 208 g/mol. The summed E-state index contributed by atoms with van der Waals surface area (Å²) in [6.45, 7) is 3.56. The van der Waals surface area contributed by atoms with E-state index < -0.39 is 0 Å². The lowest BCUT2D eigenvalue weighted by Crippen LogP contribution is -2.36. The lowest BCUT2D eigenvalue weighted by Gasteiger charge is -2.28. The number of hydrogen-bond donors (Lipinski definition) is 0. The smallest absolute Gasteiger partial charge is 0.0843 e. The molecular weight excluding hydrogens is 196 g/mol. The molecule has 1 fully saturated rings. The molecule has 0 aromatic heterocycles. The molecule has 0 aromatic rings. The number of alkyl halides is 1. The van der Waals surface area contributed by atoms with E-state index in [0.29, 0.717) is 6.10 Å². The molecular formula is C7H13BrO2. The van der Waals surface area contributed by atoms with Gasteiger partial charge in [0.25, 0.3) is 0 Å². The van der Waals surface area contributed by atoms with Gasteiger partial charge in [0, 0.05) is 5.33 Å². The molecule has 0 spiro atoms. The molecule has 1 aliphatic rings. The Morgan fingerprint density at radius 1 is 1.40 bits per heavy atom. The molecule has 0 aliphatic carbocycles. The molecule has 0 radical (unpaired) electrons. The Morgan fingerprint density at radius 3 is 2.70 bits per heavy atom. The first-order valence-corrected chi connectivity index (χ1v) is 4.76. The Hall–Kier alpha value is 0.400. The molecule has 2 nitrogen and oxygen atoms in total. The molecule has 10 heavy (non-hydrogen) atoms. The Kier molecular flexibility index (Phi) is 3.66. The van der Waals surface area contributed by atoms with Gasteiger partial charge in [-0.05, 0) is 13.3 Å². The van der Waals surface area contributed by atoms with Crippen LogP contribution in [0.15, 0.2) is 0 Å². The predicted octanol–water partition coefficient (Wildman–Crippen LogP) is 1.58. The number of halogens is 1. The van der Waals surface area contributed by atoms with Crippen LogP contribution in [-0.2, 0) is 9.47 Å². The minimum atomic E-state index is 0.270. The molecule has 1 saturated heterocycles. The maximum Gasteiger partial charge on any atom is 0.0843 e. The summed E-state index contributed by atoms with van der Waals surface area (Å²) in [7, 11) is 0. The molecule has 1 rings (SSSR count). The molecule has 3 heteroatoms. The normalized spacial score (nSPS) is 34.2. The highest BCUT2D eigenvalue weighted by Gasteiger charge is 2.21. The molecule has 2 atom stereocenters. The van der Waals surface area contributed by atoms with E-state index in [1.54, 1.807) is 0 Å². The Balaban J connectivity index is 2.25. The molecule has 0 bridgehead atoms. The van der Waals surface area contributed by atoms with E-state index in [-0.39, 0.29) is 6.10 Å². The van der Waals surface area contributed by atoms with Gasteiger partial charge in [0.15, 0.2) is 0 Å². The molecule has 0 amide bonds. The summed E-state index contributed by atoms with van der Waals surface area (Å²) in [6, 6.07) is 0. The van der Waals surface area contributed by atoms with Crippen LogP contribution < -0.4 is 0 Å². The van der Waals surface area contributed by atoms with Crippen LogP contribution in [0.5, 0.6) is 0 Å². The Labute approximate surface area is 70.0 Å². The predicted molar refractivity (Wildman–Crippen MR) is 43.6 cm³/mol. The quantitative estimate of drug-likeness (QED) is 0.642. The van der Waals surface area contributed by atoms with E-state index in [1.807, 2.05) is 0 Å². The van der Waals surface area contributed by atoms with Crippen molar-refractivity contribution in [2.45, 2.75) is 25.6 Å². The van der Waals surface area contributed by atoms with Crippen molar-refractivity contribution in [1.29, 1.82) is 0 Å². The summed E-state index contributed by atoms with van der Waals surface area (Å²) in [5.41, 5.74) is 0. The molecule has 0 aromatic carbocycles. The molecule has 60 valence electrons. The molecule has 2 unspecified atom stereocenters. The zero-order valence-electron chi connectivity index (χ0n) is 6.18. The summed E-state index contributed by atoms with van der Waals surface area (Å²) in [5, 5.41) is 0.991. The highest BCUT2D eigenvalue weighted by molar-refractivity contribution is 9.09. The van der Waals surface area contributed by atoms with Crippen molar-refractivity contribution >= 4 is 15.9 Å². The average Bonchev–Trinajstić information content (AvgIpc) is 1.94. The highest BCUT2D eigenvalue weighted by Crippen LogP contribution is 2.13. The standard InChI is InChI=1S/C7H13BrO2/c1-6-7(2-3-8)10-5-4-9-6/h6-7H,2-5H2,1H3. The first-order valence-electron chi connectivity index (χ1n) is 3.63. The minimum absolute atomic E-state index is 0.270. The number of ether oxygens (including phenoxy) is 2. The van der Waals surface area contributed by atoms with Crippen LogP contribution in [0.4, 0.5) is 0 Å². The molecule has 0 saturated carbocycles. The lowest BCUT2D eigenvalue weighted by atomic mass is 10.1. The van der Waals surface area contributed by atoms with Crippen molar-refractivity contribution < 1.29 is 9.47 Å². The molecule has 1 aliphatic heterocycles. The lowest BCUT2D eigenvalue weighted by molar-refractivity contribution is -0.132. The van der Waals surface area contributed by atoms with Gasteiger partial charge in [-0.25, -0.2) is 0 Å². The van der Waals surface area contributed by atoms with Crippen molar-refractivity contribution in [2.24, 2.45) is 0 Å². The summed E-state index contributed by atoms with van der Waals surface area (Å²) < 4.78 is 10.9. The van der Waals surface area contributed by atoms with E-state index in [1.165, 1.54) is 0 Å². The van der Waals surface area contributed by atoms with Gasteiger partial charge in [-0.15, -0.1) is 0 Å². The molecule has 0 N–H and O–H groups in total. The second-order valence-electron chi connectivity index (χ2n) is 2.46. The van der Waals surface area contributed by atoms with Crippen molar-refractivity contribution in [3.8, 4) is 0 Å². The van der Waals surface area contributed by atoms with Crippen LogP contribution in [0.3, 0.4) is 0 Å². The second-order valence-corrected chi connectivity index (χ2v) is 3.26. The Morgan fingerprint density at radius 2 is 2.10 bits per heavy atom. The summed E-state index contributed by atoms with van der Waals surface area (Å²) in [6.07, 6.45) is 1.61. The van der Waals surface area contributed by atoms with Gasteiger partial charge in [0.05, 0.1) is 25.4 Å². The van der Waals surface area contributed by atoms with E-state index >= 15 is 0 Å². The van der Waals surface area contributed by atoms with Crippen LogP contribution in [0, 0.1) is 0 Å². The van der Waals surface area contributed by atoms with Gasteiger partial charge >= 0.3 is 0 Å². The fourth-order valence-electron chi connectivity index (χ4n) is 1.10. The fraction of sp³-hybridized carbons (Fsp3) is 1.00. The third-order valence-electron chi connectivity index (χ3n) is 1.71. The second kappa shape index (κ2) is 4.31. The molecule has 1 heterocycles. The van der Waals surface area contributed by atoms with E-state index in [9.17, 15) is 0 Å². The van der Waals surface area contributed by atoms with Crippen molar-refractivity contribution in [1.82, 2.24) is 0 Å². The van der Waals surface area contributed by atoms with Gasteiger partial charge in [0.2, 0.25) is 0 Å². The Bertz CT molecular complexity index is 95.6. The largest absolute Gasteiger partial charge is 0.373 e. The number of hydrogen-bond acceptors (Lipinski definition) is 2. The van der Waals surface area contributed by atoms with E-state index in [2.05, 4.69) is 22.9 Å². The van der Waals surface area contributed by atoms with E-state index in [4.69, 9.17) is 9.47 Å². The first-order chi connectivity index (χ1) is 4.84. The highest BCUT2D eigenvalue weighted by atomic mass is 79.9. The maximum absolute atomic E-state index is 5.48. The third kappa shape index (κ3) is 2.22. The summed E-state index contributed by atoms with van der Waals surface area (Å²) in [4.78, 5) is 0. The van der Waals surface area contributed by atoms with E-state index in [0.717, 1.165) is 25.0 Å². The number of rotatable bonds is 2. The maximum atomic E-state index is 5.48. The van der Waals surface area contributed by atoms with Gasteiger partial charge in [-0.2, -0.15) is 0 Å². The van der Waals surface area contributed by atoms with Gasteiger partial charge in [0.1, 0.15) is 0 Å². The van der Waals surface area contributed by atoms with Gasteiger partial charge in [-0.3, -0.25) is 0 Å². The van der Waals surface area contributed by atoms with Crippen LogP contribution in [0.1, 0.15) is 13.3 Å². The van der Waals surface area contributed by atoms with Crippen LogP contribution in [0.25, 0.3) is 0 Å². The average molecular weight is 209 g/mol. The summed E-state index contributed by atoms with van der Waals surface area (Å²) >= 11 is 3.38. The third-order valence-corrected chi connectivity index (χ3v) is 2.17. The van der Waals surface area contributed by atoms with Crippen molar-refractivity contribution in [3.63, 3.8) is 0 Å². The van der Waals surface area contributed by atoms with Gasteiger partial charge < -0.3 is 9.47 Å². The fourth-order valence-corrected chi connectivity index (χ4v) is 1.55. The van der Waals surface area contributed by atoms with Crippen LogP contribution in [-0.4, -0.2) is 30.8 Å². The zero-order chi connectivity index (χ0) is 7.40. The summed E-state index contributed by atoms with van der Waals surface area (Å²) in [5.74, 6) is 0. The topological polar surface area (TPSA) is 18.5 Å². The first kappa shape index (κ1) is 8.50. The van der Waals surface area contributed by atoms with Crippen LogP contribution in [0.2, 0.25) is 0 Å². The zero-order valence-corrected chi connectivity index (χ0v) is 7.76. The SMILES string of the molecule is CC1OCCOC1CCBr.